The van der Waals surface area contributed by atoms with Crippen LogP contribution in [0.1, 0.15) is 21.6 Å². The minimum atomic E-state index is -4.50. The molecule has 0 fully saturated rings. The van der Waals surface area contributed by atoms with Crippen LogP contribution in [0.25, 0.3) is 0 Å². The Kier molecular flexibility index (Phi) is 5.36. The maximum absolute atomic E-state index is 12.8. The topological polar surface area (TPSA) is 65.0 Å². The van der Waals surface area contributed by atoms with Gasteiger partial charge in [0.1, 0.15) is 12.1 Å². The summed E-state index contributed by atoms with van der Waals surface area (Å²) in [4.78, 5) is 23.9. The molecule has 0 spiro atoms. The normalized spacial score (nSPS) is 11.3. The Morgan fingerprint density at radius 2 is 1.81 bits per heavy atom. The lowest BCUT2D eigenvalue weighted by molar-refractivity contribution is -0.137. The van der Waals surface area contributed by atoms with Crippen molar-refractivity contribution in [3.8, 4) is 11.5 Å². The summed E-state index contributed by atoms with van der Waals surface area (Å²) in [5.74, 6) is 0.175. The number of halogens is 4. The molecule has 0 bridgehead atoms. The van der Waals surface area contributed by atoms with Crippen molar-refractivity contribution in [1.29, 1.82) is 0 Å². The molecule has 3 aromatic rings. The van der Waals surface area contributed by atoms with Crippen LogP contribution < -0.4 is 4.74 Å². The fourth-order valence-corrected chi connectivity index (χ4v) is 2.50. The molecule has 3 rings (SSSR count). The molecule has 5 nitrogen and oxygen atoms in total. The van der Waals surface area contributed by atoms with Crippen LogP contribution in [0.4, 0.5) is 13.2 Å². The molecular weight excluding hydrogens is 383 g/mol. The van der Waals surface area contributed by atoms with E-state index < -0.39 is 17.5 Å². The van der Waals surface area contributed by atoms with Gasteiger partial charge in [-0.3, -0.25) is 9.78 Å². The largest absolute Gasteiger partial charge is 0.454 e. The van der Waals surface area contributed by atoms with Crippen LogP contribution in [0, 0.1) is 0 Å². The first-order valence-electron chi connectivity index (χ1n) is 7.60. The van der Waals surface area contributed by atoms with Crippen LogP contribution in [0.15, 0.2) is 55.2 Å². The van der Waals surface area contributed by atoms with E-state index in [4.69, 9.17) is 16.3 Å². The number of benzene rings is 1. The van der Waals surface area contributed by atoms with E-state index >= 15 is 0 Å². The number of hydrogen-bond acceptors (Lipinski definition) is 5. The van der Waals surface area contributed by atoms with E-state index in [1.165, 1.54) is 36.9 Å². The molecule has 0 aliphatic rings. The average molecular weight is 394 g/mol. The summed E-state index contributed by atoms with van der Waals surface area (Å²) < 4.78 is 43.9. The average Bonchev–Trinajstić information content (AvgIpc) is 2.61. The number of rotatable bonds is 5. The van der Waals surface area contributed by atoms with Gasteiger partial charge >= 0.3 is 6.18 Å². The van der Waals surface area contributed by atoms with Crippen molar-refractivity contribution in [3.05, 3.63) is 77.1 Å². The highest BCUT2D eigenvalue weighted by Crippen LogP contribution is 2.30. The number of Topliss-reactive ketones (excluding diaryl/α,β-unsaturated/α-hetero) is 1. The third-order valence-corrected chi connectivity index (χ3v) is 3.67. The second-order valence-corrected chi connectivity index (χ2v) is 5.92. The smallest absolute Gasteiger partial charge is 0.416 e. The lowest BCUT2D eigenvalue weighted by Crippen LogP contribution is -2.09. The van der Waals surface area contributed by atoms with Gasteiger partial charge < -0.3 is 4.74 Å². The fraction of sp³-hybridized carbons (Fsp3) is 0.111. The number of aromatic nitrogens is 3. The van der Waals surface area contributed by atoms with Gasteiger partial charge in [0.15, 0.2) is 11.5 Å². The zero-order chi connectivity index (χ0) is 19.4. The number of hydrogen-bond donors (Lipinski definition) is 0. The first kappa shape index (κ1) is 18.8. The number of ketones is 1. The molecule has 0 N–H and O–H groups in total. The zero-order valence-electron chi connectivity index (χ0n) is 13.6. The first-order valence-corrected chi connectivity index (χ1v) is 7.98. The molecule has 138 valence electrons. The van der Waals surface area contributed by atoms with Gasteiger partial charge in [-0.1, -0.05) is 11.6 Å². The predicted molar refractivity (Wildman–Crippen MR) is 90.8 cm³/mol. The molecule has 0 unspecified atom stereocenters. The maximum atomic E-state index is 12.8. The fourth-order valence-electron chi connectivity index (χ4n) is 2.27. The molecule has 0 saturated carbocycles. The summed E-state index contributed by atoms with van der Waals surface area (Å²) in [5, 5.41) is 0.240. The highest BCUT2D eigenvalue weighted by molar-refractivity contribution is 6.31. The molecule has 0 atom stereocenters. The number of carbonyl (C=O) groups excluding carboxylic acids is 1. The summed E-state index contributed by atoms with van der Waals surface area (Å²) in [7, 11) is 0. The van der Waals surface area contributed by atoms with E-state index in [1.807, 2.05) is 0 Å². The van der Waals surface area contributed by atoms with E-state index in [0.29, 0.717) is 5.75 Å². The van der Waals surface area contributed by atoms with E-state index in [9.17, 15) is 18.0 Å². The van der Waals surface area contributed by atoms with Gasteiger partial charge in [-0.25, -0.2) is 9.97 Å². The van der Waals surface area contributed by atoms with Crippen LogP contribution in [-0.4, -0.2) is 20.7 Å². The Bertz CT molecular complexity index is 966. The number of nitrogens with zero attached hydrogens (tertiary/aromatic N) is 3. The van der Waals surface area contributed by atoms with Crippen molar-refractivity contribution in [2.45, 2.75) is 12.6 Å². The molecule has 2 aromatic heterocycles. The second-order valence-electron chi connectivity index (χ2n) is 5.49. The van der Waals surface area contributed by atoms with Crippen molar-refractivity contribution in [2.75, 3.05) is 0 Å². The lowest BCUT2D eigenvalue weighted by atomic mass is 10.0. The molecule has 1 aromatic carbocycles. The quantitative estimate of drug-likeness (QED) is 0.585. The molecule has 2 heterocycles. The Labute approximate surface area is 156 Å². The van der Waals surface area contributed by atoms with Gasteiger partial charge in [0.05, 0.1) is 24.4 Å². The Morgan fingerprint density at radius 1 is 1.07 bits per heavy atom. The minimum absolute atomic E-state index is 0.00808. The number of ether oxygens (including phenoxy) is 1. The van der Waals surface area contributed by atoms with Crippen LogP contribution >= 0.6 is 11.6 Å². The molecule has 0 aliphatic carbocycles. The summed E-state index contributed by atoms with van der Waals surface area (Å²) in [6.07, 6.45) is 0.410. The summed E-state index contributed by atoms with van der Waals surface area (Å²) in [6, 6.07) is 6.04. The summed E-state index contributed by atoms with van der Waals surface area (Å²) in [5.41, 5.74) is -0.665. The van der Waals surface area contributed by atoms with E-state index in [-0.39, 0.29) is 28.5 Å². The van der Waals surface area contributed by atoms with E-state index in [2.05, 4.69) is 15.0 Å². The molecule has 0 amide bonds. The standard InChI is InChI=1S/C18H11ClF3N3O2/c19-13-3-11(4-15(6-13)27-16-8-23-10-24-9-16)17(26)7-14-5-12(1-2-25-14)18(20,21)22/h1-6,8-10H,7H2. The second kappa shape index (κ2) is 7.71. The van der Waals surface area contributed by atoms with Crippen LogP contribution in [-0.2, 0) is 12.6 Å². The molecular formula is C18H11ClF3N3O2. The highest BCUT2D eigenvalue weighted by atomic mass is 35.5. The highest BCUT2D eigenvalue weighted by Gasteiger charge is 2.30. The van der Waals surface area contributed by atoms with E-state index in [1.54, 1.807) is 0 Å². The Morgan fingerprint density at radius 3 is 2.52 bits per heavy atom. The molecule has 27 heavy (non-hydrogen) atoms. The van der Waals surface area contributed by atoms with Crippen molar-refractivity contribution < 1.29 is 22.7 Å². The van der Waals surface area contributed by atoms with Crippen molar-refractivity contribution in [2.24, 2.45) is 0 Å². The summed E-state index contributed by atoms with van der Waals surface area (Å²) in [6.45, 7) is 0. The lowest BCUT2D eigenvalue weighted by Gasteiger charge is -2.09. The zero-order valence-corrected chi connectivity index (χ0v) is 14.3. The van der Waals surface area contributed by atoms with Crippen molar-refractivity contribution in [1.82, 2.24) is 15.0 Å². The Hall–Kier alpha value is -3.00. The predicted octanol–water partition coefficient (Wildman–Crippen LogP) is 4.76. The van der Waals surface area contributed by atoms with Gasteiger partial charge in [0, 0.05) is 22.5 Å². The SMILES string of the molecule is O=C(Cc1cc(C(F)(F)F)ccn1)c1cc(Cl)cc(Oc2cncnc2)c1. The van der Waals surface area contributed by atoms with Gasteiger partial charge in [-0.2, -0.15) is 13.2 Å². The van der Waals surface area contributed by atoms with Crippen molar-refractivity contribution >= 4 is 17.4 Å². The van der Waals surface area contributed by atoms with Gasteiger partial charge in [-0.15, -0.1) is 0 Å². The monoisotopic (exact) mass is 393 g/mol. The third-order valence-electron chi connectivity index (χ3n) is 3.45. The van der Waals surface area contributed by atoms with Gasteiger partial charge in [-0.05, 0) is 30.3 Å². The number of carbonyl (C=O) groups is 1. The summed E-state index contributed by atoms with van der Waals surface area (Å²) >= 11 is 6.02. The number of pyridine rings is 1. The minimum Gasteiger partial charge on any atom is -0.454 e. The van der Waals surface area contributed by atoms with Crippen LogP contribution in [0.2, 0.25) is 5.02 Å². The number of alkyl halides is 3. The Balaban J connectivity index is 1.81. The molecule has 0 radical (unpaired) electrons. The molecule has 0 saturated heterocycles. The van der Waals surface area contributed by atoms with Crippen LogP contribution in [0.3, 0.4) is 0 Å². The maximum Gasteiger partial charge on any atom is 0.416 e. The van der Waals surface area contributed by atoms with Crippen LogP contribution in [0.5, 0.6) is 11.5 Å². The van der Waals surface area contributed by atoms with E-state index in [0.717, 1.165) is 18.3 Å². The third kappa shape index (κ3) is 5.01. The molecule has 9 heteroatoms. The molecule has 0 aliphatic heterocycles. The first-order chi connectivity index (χ1) is 12.8. The van der Waals surface area contributed by atoms with Gasteiger partial charge in [0.25, 0.3) is 0 Å². The van der Waals surface area contributed by atoms with Crippen molar-refractivity contribution in [3.63, 3.8) is 0 Å². The van der Waals surface area contributed by atoms with Gasteiger partial charge in [0.2, 0.25) is 0 Å².